The molecule has 0 radical (unpaired) electrons. The van der Waals surface area contributed by atoms with Gasteiger partial charge in [-0.25, -0.2) is 9.59 Å². The summed E-state index contributed by atoms with van der Waals surface area (Å²) in [6, 6.07) is 19.6. The van der Waals surface area contributed by atoms with Gasteiger partial charge in [-0.2, -0.15) is 0 Å². The van der Waals surface area contributed by atoms with Gasteiger partial charge in [0.15, 0.2) is 0 Å². The van der Waals surface area contributed by atoms with E-state index in [-0.39, 0.29) is 12.5 Å². The molecule has 0 aromatic heterocycles. The van der Waals surface area contributed by atoms with Gasteiger partial charge in [-0.15, -0.1) is 4.99 Å². The van der Waals surface area contributed by atoms with Gasteiger partial charge in [0, 0.05) is 13.0 Å². The number of hydrogen-bond donors (Lipinski definition) is 1. The Balaban J connectivity index is 2.33. The lowest BCUT2D eigenvalue weighted by atomic mass is 10.1. The Kier molecular flexibility index (Phi) is 9.89. The van der Waals surface area contributed by atoms with Crippen molar-refractivity contribution in [1.29, 1.82) is 0 Å². The van der Waals surface area contributed by atoms with Crippen molar-refractivity contribution in [2.45, 2.75) is 65.7 Å². The zero-order chi connectivity index (χ0) is 25.9. The maximum atomic E-state index is 12.6. The summed E-state index contributed by atoms with van der Waals surface area (Å²) in [6.45, 7) is 11.1. The molecule has 2 aromatic rings. The second-order valence-electron chi connectivity index (χ2n) is 9.90. The molecule has 0 aliphatic rings. The monoisotopic (exact) mass is 477 g/mol. The minimum Gasteiger partial charge on any atom is -0.444 e. The number of nitrogens with one attached hydrogen (secondary N) is 1. The number of nitrogens with zero attached hydrogens (tertiary/aromatic N) is 2. The van der Waals surface area contributed by atoms with E-state index in [9.17, 15) is 9.59 Å². The van der Waals surface area contributed by atoms with E-state index >= 15 is 0 Å². The van der Waals surface area contributed by atoms with Crippen LogP contribution in [0.4, 0.5) is 9.59 Å². The van der Waals surface area contributed by atoms with Crippen LogP contribution in [0.2, 0.25) is 0 Å². The smallest absolute Gasteiger partial charge is 0.437 e. The van der Waals surface area contributed by atoms with Crippen molar-refractivity contribution >= 4 is 18.1 Å². The first kappa shape index (κ1) is 27.5. The van der Waals surface area contributed by atoms with Crippen molar-refractivity contribution in [3.63, 3.8) is 0 Å². The second kappa shape index (κ2) is 12.6. The van der Waals surface area contributed by atoms with E-state index in [1.165, 1.54) is 0 Å². The number of ether oxygens (including phenoxy) is 2. The van der Waals surface area contributed by atoms with E-state index in [0.29, 0.717) is 13.0 Å². The molecule has 0 saturated carbocycles. The molecule has 2 rings (SSSR count). The van der Waals surface area contributed by atoms with Gasteiger partial charge < -0.3 is 14.4 Å². The van der Waals surface area contributed by atoms with Gasteiger partial charge in [0.1, 0.15) is 11.2 Å². The summed E-state index contributed by atoms with van der Waals surface area (Å²) in [6.07, 6.45) is -0.966. The van der Waals surface area contributed by atoms with E-state index < -0.39 is 23.4 Å². The zero-order valence-electron chi connectivity index (χ0n) is 21.4. The normalized spacial score (nSPS) is 11.7. The van der Waals surface area contributed by atoms with Crippen LogP contribution in [0.1, 0.15) is 52.7 Å². The number of benzene rings is 2. The predicted octanol–water partition coefficient (Wildman–Crippen LogP) is 5.55. The molecule has 0 atom stereocenters. The molecule has 2 aromatic carbocycles. The van der Waals surface area contributed by atoms with E-state index in [0.717, 1.165) is 11.1 Å². The highest BCUT2D eigenvalue weighted by Crippen LogP contribution is 2.11. The summed E-state index contributed by atoms with van der Waals surface area (Å²) in [7, 11) is 0. The fraction of sp³-hybridized carbons (Fsp3) is 0.393. The first-order chi connectivity index (χ1) is 16.4. The quantitative estimate of drug-likeness (QED) is 0.355. The van der Waals surface area contributed by atoms with E-state index in [4.69, 9.17) is 9.47 Å². The zero-order valence-corrected chi connectivity index (χ0v) is 21.4. The molecule has 186 valence electrons. The Morgan fingerprint density at radius 3 is 1.91 bits per heavy atom. The van der Waals surface area contributed by atoms with E-state index in [1.54, 1.807) is 46.4 Å². The molecule has 0 spiro atoms. The van der Waals surface area contributed by atoms with Crippen molar-refractivity contribution in [1.82, 2.24) is 10.2 Å². The first-order valence-electron chi connectivity index (χ1n) is 11.5. The average molecular weight is 478 g/mol. The van der Waals surface area contributed by atoms with Gasteiger partial charge in [-0.3, -0.25) is 5.32 Å². The summed E-state index contributed by atoms with van der Waals surface area (Å²) in [5, 5.41) is 2.62. The van der Waals surface area contributed by atoms with Gasteiger partial charge in [0.2, 0.25) is 5.96 Å². The van der Waals surface area contributed by atoms with Crippen molar-refractivity contribution in [2.75, 3.05) is 6.54 Å². The third kappa shape index (κ3) is 11.8. The molecule has 2 amide bonds. The number of carbonyl (C=O) groups is 2. The topological polar surface area (TPSA) is 80.2 Å². The average Bonchev–Trinajstić information content (AvgIpc) is 2.74. The standard InChI is InChI=1S/C28H35N3O4/c1-27(2,3)34-25(32)29-24(30-26(33)35-28(4,5)6)31(21-23-18-11-8-12-19-23)20-14-13-17-22-15-9-7-10-16-22/h7-12,15-16,18-19H,17,20-21H2,1-6H3,(H,29,30,32,33). The number of hydrogen-bond acceptors (Lipinski definition) is 4. The van der Waals surface area contributed by atoms with Crippen LogP contribution in [-0.2, 0) is 22.4 Å². The van der Waals surface area contributed by atoms with Crippen LogP contribution in [0.15, 0.2) is 65.7 Å². The van der Waals surface area contributed by atoms with Crippen LogP contribution in [0.25, 0.3) is 0 Å². The number of alkyl carbamates (subject to hydrolysis) is 1. The van der Waals surface area contributed by atoms with Crippen LogP contribution >= 0.6 is 0 Å². The number of guanidine groups is 1. The van der Waals surface area contributed by atoms with Crippen LogP contribution < -0.4 is 5.32 Å². The Bertz CT molecular complexity index is 1060. The highest BCUT2D eigenvalue weighted by Gasteiger charge is 2.23. The van der Waals surface area contributed by atoms with Crippen LogP contribution in [-0.4, -0.2) is 40.8 Å². The molecule has 0 saturated heterocycles. The van der Waals surface area contributed by atoms with Gasteiger partial charge in [0.25, 0.3) is 0 Å². The lowest BCUT2D eigenvalue weighted by Crippen LogP contribution is -2.46. The minimum absolute atomic E-state index is 0.00589. The fourth-order valence-electron chi connectivity index (χ4n) is 2.87. The van der Waals surface area contributed by atoms with E-state index in [1.807, 2.05) is 60.7 Å². The highest BCUT2D eigenvalue weighted by atomic mass is 16.6. The third-order valence-corrected chi connectivity index (χ3v) is 4.25. The van der Waals surface area contributed by atoms with Crippen molar-refractivity contribution < 1.29 is 19.1 Å². The molecule has 7 heteroatoms. The van der Waals surface area contributed by atoms with Gasteiger partial charge in [-0.1, -0.05) is 72.5 Å². The minimum atomic E-state index is -0.820. The molecule has 0 aliphatic heterocycles. The molecule has 0 aliphatic carbocycles. The SMILES string of the molecule is CC(C)(C)OC(=O)/N=C(/NC(=O)OC(C)(C)C)N(CC#CCc1ccccc1)Cc1ccccc1. The summed E-state index contributed by atoms with van der Waals surface area (Å²) in [5.74, 6) is 6.28. The van der Waals surface area contributed by atoms with Gasteiger partial charge in [-0.05, 0) is 52.7 Å². The molecule has 0 heterocycles. The Morgan fingerprint density at radius 1 is 0.829 bits per heavy atom. The Hall–Kier alpha value is -3.79. The Labute approximate surface area is 208 Å². The molecular weight excluding hydrogens is 442 g/mol. The van der Waals surface area contributed by atoms with Crippen molar-refractivity contribution in [2.24, 2.45) is 4.99 Å². The number of amides is 2. The summed E-state index contributed by atoms with van der Waals surface area (Å²) < 4.78 is 10.7. The van der Waals surface area contributed by atoms with Crippen LogP contribution in [0.3, 0.4) is 0 Å². The lowest BCUT2D eigenvalue weighted by Gasteiger charge is -2.26. The first-order valence-corrected chi connectivity index (χ1v) is 11.5. The predicted molar refractivity (Wildman–Crippen MR) is 138 cm³/mol. The third-order valence-electron chi connectivity index (χ3n) is 4.25. The Morgan fingerprint density at radius 2 is 1.37 bits per heavy atom. The lowest BCUT2D eigenvalue weighted by molar-refractivity contribution is 0.0554. The summed E-state index contributed by atoms with van der Waals surface area (Å²) in [4.78, 5) is 30.9. The fourth-order valence-corrected chi connectivity index (χ4v) is 2.87. The molecule has 0 bridgehead atoms. The molecule has 0 unspecified atom stereocenters. The molecule has 7 nitrogen and oxygen atoms in total. The van der Waals surface area contributed by atoms with Gasteiger partial charge in [0.05, 0.1) is 6.54 Å². The van der Waals surface area contributed by atoms with E-state index in [2.05, 4.69) is 22.2 Å². The maximum absolute atomic E-state index is 12.6. The highest BCUT2D eigenvalue weighted by molar-refractivity contribution is 5.99. The maximum Gasteiger partial charge on any atom is 0.437 e. The number of aliphatic imine (C=N–C) groups is 1. The van der Waals surface area contributed by atoms with Crippen molar-refractivity contribution in [3.05, 3.63) is 71.8 Å². The molecule has 0 fully saturated rings. The van der Waals surface area contributed by atoms with Gasteiger partial charge >= 0.3 is 12.2 Å². The largest absolute Gasteiger partial charge is 0.444 e. The van der Waals surface area contributed by atoms with Crippen LogP contribution in [0.5, 0.6) is 0 Å². The molecule has 35 heavy (non-hydrogen) atoms. The van der Waals surface area contributed by atoms with Crippen LogP contribution in [0, 0.1) is 11.8 Å². The second-order valence-corrected chi connectivity index (χ2v) is 9.90. The summed E-state index contributed by atoms with van der Waals surface area (Å²) in [5.41, 5.74) is 0.600. The summed E-state index contributed by atoms with van der Waals surface area (Å²) >= 11 is 0. The number of carbonyl (C=O) groups excluding carboxylic acids is 2. The number of rotatable bonds is 4. The molecule has 1 N–H and O–H groups in total. The van der Waals surface area contributed by atoms with Crippen molar-refractivity contribution in [3.8, 4) is 11.8 Å². The molecular formula is C28H35N3O4.